The van der Waals surface area contributed by atoms with Crippen LogP contribution in [0.3, 0.4) is 0 Å². The van der Waals surface area contributed by atoms with Crippen molar-refractivity contribution in [3.8, 4) is 0 Å². The Morgan fingerprint density at radius 2 is 0.636 bits per heavy atom. The Hall–Kier alpha value is -3.96. The Labute approximate surface area is 194 Å². The van der Waals surface area contributed by atoms with Crippen molar-refractivity contribution < 1.29 is 9.57 Å². The smallest absolute Gasteiger partial charge is 0.105 e. The van der Waals surface area contributed by atoms with Gasteiger partial charge < -0.3 is 19.8 Å². The van der Waals surface area contributed by atoms with Crippen LogP contribution >= 0.6 is 0 Å². The van der Waals surface area contributed by atoms with Crippen molar-refractivity contribution in [3.05, 3.63) is 159 Å². The molecule has 0 atom stereocenters. The van der Waals surface area contributed by atoms with Crippen molar-refractivity contribution >= 4 is 0 Å². The van der Waals surface area contributed by atoms with E-state index in [9.17, 15) is 0 Å². The third-order valence-electron chi connectivity index (χ3n) is 5.44. The Kier molecular flexibility index (Phi) is 8.74. The quantitative estimate of drug-likeness (QED) is 0.182. The van der Waals surface area contributed by atoms with Crippen molar-refractivity contribution in [1.82, 2.24) is 0 Å². The number of hydrogen-bond donors (Lipinski definition) is 0. The molecule has 0 saturated carbocycles. The standard InChI is InChI=1S/C28H28N.NO3/c1-5-13-25(14-6-1)21-29(22-26-15-7-2-8-16-26,23-27-17-9-3-10-18-27)24-28-19-11-4-12-20-28;2-1(3)4/h1-20H,21-24H2;/q+1;-1. The molecule has 0 aromatic heterocycles. The average molecular weight is 441 g/mol. The molecule has 0 aliphatic heterocycles. The molecular formula is C28H28N2O3. The first kappa shape index (κ1) is 23.7. The van der Waals surface area contributed by atoms with Crippen LogP contribution in [0.5, 0.6) is 0 Å². The first-order chi connectivity index (χ1) is 16.0. The second kappa shape index (κ2) is 12.2. The minimum atomic E-state index is -1.75. The molecule has 0 heterocycles. The third kappa shape index (κ3) is 8.24. The predicted molar refractivity (Wildman–Crippen MR) is 131 cm³/mol. The zero-order chi connectivity index (χ0) is 23.4. The fraction of sp³-hybridized carbons (Fsp3) is 0.143. The number of benzene rings is 4. The van der Waals surface area contributed by atoms with Gasteiger partial charge in [-0.05, 0) is 0 Å². The first-order valence-corrected chi connectivity index (χ1v) is 10.9. The largest absolute Gasteiger partial charge is 0.356 e. The van der Waals surface area contributed by atoms with E-state index in [1.165, 1.54) is 22.3 Å². The van der Waals surface area contributed by atoms with Crippen LogP contribution in [0, 0.1) is 15.3 Å². The summed E-state index contributed by atoms with van der Waals surface area (Å²) in [6.45, 7) is 4.00. The Bertz CT molecular complexity index is 914. The van der Waals surface area contributed by atoms with Crippen LogP contribution in [0.1, 0.15) is 22.3 Å². The monoisotopic (exact) mass is 440 g/mol. The number of nitrogens with zero attached hydrogens (tertiary/aromatic N) is 2. The lowest BCUT2D eigenvalue weighted by Crippen LogP contribution is -2.45. The van der Waals surface area contributed by atoms with Gasteiger partial charge in [0.05, 0.1) is 5.09 Å². The van der Waals surface area contributed by atoms with Crippen molar-refractivity contribution in [2.24, 2.45) is 0 Å². The molecule has 0 radical (unpaired) electrons. The van der Waals surface area contributed by atoms with E-state index in [-0.39, 0.29) is 0 Å². The molecular weight excluding hydrogens is 412 g/mol. The minimum absolute atomic E-state index is 0.960. The highest BCUT2D eigenvalue weighted by atomic mass is 16.9. The Morgan fingerprint density at radius 3 is 0.818 bits per heavy atom. The van der Waals surface area contributed by atoms with Gasteiger partial charge in [0.1, 0.15) is 26.2 Å². The maximum absolute atomic E-state index is 8.25. The van der Waals surface area contributed by atoms with Gasteiger partial charge in [-0.2, -0.15) is 0 Å². The first-order valence-electron chi connectivity index (χ1n) is 10.9. The minimum Gasteiger partial charge on any atom is -0.356 e. The molecule has 0 bridgehead atoms. The molecule has 0 amide bonds. The fourth-order valence-corrected chi connectivity index (χ4v) is 4.22. The number of hydrogen-bond acceptors (Lipinski definition) is 3. The van der Waals surface area contributed by atoms with Crippen LogP contribution in [-0.4, -0.2) is 9.57 Å². The SMILES string of the molecule is O=[N+]([O-])[O-].c1ccc(C[N+](Cc2ccccc2)(Cc2ccccc2)Cc2ccccc2)cc1. The van der Waals surface area contributed by atoms with E-state index in [0.717, 1.165) is 30.7 Å². The Morgan fingerprint density at radius 1 is 0.455 bits per heavy atom. The topological polar surface area (TPSA) is 66.2 Å². The van der Waals surface area contributed by atoms with E-state index in [1.807, 2.05) is 0 Å². The van der Waals surface area contributed by atoms with E-state index >= 15 is 0 Å². The molecule has 5 heteroatoms. The van der Waals surface area contributed by atoms with Crippen LogP contribution < -0.4 is 0 Å². The molecule has 4 rings (SSSR count). The van der Waals surface area contributed by atoms with Crippen LogP contribution in [0.25, 0.3) is 0 Å². The lowest BCUT2D eigenvalue weighted by atomic mass is 10.0. The van der Waals surface area contributed by atoms with Crippen LogP contribution in [-0.2, 0) is 26.2 Å². The predicted octanol–water partition coefficient (Wildman–Crippen LogP) is 6.36. The lowest BCUT2D eigenvalue weighted by molar-refractivity contribution is -0.978. The van der Waals surface area contributed by atoms with Gasteiger partial charge in [-0.3, -0.25) is 0 Å². The molecule has 0 aliphatic carbocycles. The molecule has 33 heavy (non-hydrogen) atoms. The molecule has 0 fully saturated rings. The second-order valence-corrected chi connectivity index (χ2v) is 8.14. The van der Waals surface area contributed by atoms with Crippen molar-refractivity contribution in [1.29, 1.82) is 0 Å². The van der Waals surface area contributed by atoms with Gasteiger partial charge in [-0.15, -0.1) is 0 Å². The van der Waals surface area contributed by atoms with E-state index in [0.29, 0.717) is 0 Å². The summed E-state index contributed by atoms with van der Waals surface area (Å²) in [5.41, 5.74) is 5.54. The van der Waals surface area contributed by atoms with Crippen LogP contribution in [0.15, 0.2) is 121 Å². The number of rotatable bonds is 8. The van der Waals surface area contributed by atoms with E-state index in [2.05, 4.69) is 121 Å². The average Bonchev–Trinajstić information content (AvgIpc) is 2.81. The van der Waals surface area contributed by atoms with Gasteiger partial charge in [-0.25, -0.2) is 0 Å². The van der Waals surface area contributed by atoms with Crippen molar-refractivity contribution in [3.63, 3.8) is 0 Å². The molecule has 4 aromatic carbocycles. The van der Waals surface area contributed by atoms with Gasteiger partial charge in [0.15, 0.2) is 0 Å². The van der Waals surface area contributed by atoms with Crippen LogP contribution in [0.2, 0.25) is 0 Å². The molecule has 0 spiro atoms. The zero-order valence-corrected chi connectivity index (χ0v) is 18.5. The van der Waals surface area contributed by atoms with E-state index < -0.39 is 5.09 Å². The summed E-state index contributed by atoms with van der Waals surface area (Å²) in [4.78, 5) is 8.25. The van der Waals surface area contributed by atoms with Crippen molar-refractivity contribution in [2.45, 2.75) is 26.2 Å². The summed E-state index contributed by atoms with van der Waals surface area (Å²) in [6, 6.07) is 43.7. The highest BCUT2D eigenvalue weighted by Crippen LogP contribution is 2.27. The van der Waals surface area contributed by atoms with E-state index in [4.69, 9.17) is 15.3 Å². The van der Waals surface area contributed by atoms with Gasteiger partial charge in [-0.1, -0.05) is 121 Å². The summed E-state index contributed by atoms with van der Waals surface area (Å²) in [7, 11) is 0. The molecule has 168 valence electrons. The molecule has 5 nitrogen and oxygen atoms in total. The molecule has 4 aromatic rings. The summed E-state index contributed by atoms with van der Waals surface area (Å²) in [5.74, 6) is 0. The highest BCUT2D eigenvalue weighted by Gasteiger charge is 2.29. The maximum Gasteiger partial charge on any atom is 0.105 e. The Balaban J connectivity index is 0.000000709. The normalized spacial score (nSPS) is 10.7. The number of quaternary nitrogens is 1. The molecule has 0 saturated heterocycles. The summed E-state index contributed by atoms with van der Waals surface area (Å²) in [5, 5.41) is 14.8. The summed E-state index contributed by atoms with van der Waals surface area (Å²) < 4.78 is 0.960. The van der Waals surface area contributed by atoms with Crippen LogP contribution in [0.4, 0.5) is 0 Å². The van der Waals surface area contributed by atoms with Crippen molar-refractivity contribution in [2.75, 3.05) is 0 Å². The van der Waals surface area contributed by atoms with E-state index in [1.54, 1.807) is 0 Å². The molecule has 0 unspecified atom stereocenters. The zero-order valence-electron chi connectivity index (χ0n) is 18.5. The highest BCUT2D eigenvalue weighted by molar-refractivity contribution is 5.19. The second-order valence-electron chi connectivity index (χ2n) is 8.14. The van der Waals surface area contributed by atoms with Gasteiger partial charge >= 0.3 is 0 Å². The molecule has 0 N–H and O–H groups in total. The molecule has 0 aliphatic rings. The summed E-state index contributed by atoms with van der Waals surface area (Å²) in [6.07, 6.45) is 0. The van der Waals surface area contributed by atoms with Gasteiger partial charge in [0.25, 0.3) is 0 Å². The maximum atomic E-state index is 8.25. The third-order valence-corrected chi connectivity index (χ3v) is 5.44. The lowest BCUT2D eigenvalue weighted by Gasteiger charge is -2.39. The fourth-order valence-electron chi connectivity index (χ4n) is 4.22. The summed E-state index contributed by atoms with van der Waals surface area (Å²) >= 11 is 0. The van der Waals surface area contributed by atoms with Gasteiger partial charge in [0.2, 0.25) is 0 Å². The van der Waals surface area contributed by atoms with Gasteiger partial charge in [0, 0.05) is 22.3 Å².